The molecule has 1 fully saturated rings. The van der Waals surface area contributed by atoms with Crippen LogP contribution in [0.4, 0.5) is 4.79 Å². The number of benzene rings is 1. The van der Waals surface area contributed by atoms with Crippen LogP contribution in [0, 0.1) is 0 Å². The van der Waals surface area contributed by atoms with Crippen LogP contribution in [0.25, 0.3) is 0 Å². The van der Waals surface area contributed by atoms with Gasteiger partial charge in [-0.1, -0.05) is 12.1 Å². The average Bonchev–Trinajstić information content (AvgIpc) is 3.47. The maximum absolute atomic E-state index is 12.4. The van der Waals surface area contributed by atoms with Crippen LogP contribution in [0.2, 0.25) is 0 Å². The van der Waals surface area contributed by atoms with Crippen LogP contribution in [0.3, 0.4) is 0 Å². The third kappa shape index (κ3) is 6.93. The zero-order valence-corrected chi connectivity index (χ0v) is 19.1. The largest absolute Gasteiger partial charge is 0.454 e. The van der Waals surface area contributed by atoms with Crippen molar-refractivity contribution in [1.29, 1.82) is 0 Å². The number of aromatic amines is 1. The van der Waals surface area contributed by atoms with E-state index < -0.39 is 30.1 Å². The van der Waals surface area contributed by atoms with E-state index >= 15 is 0 Å². The van der Waals surface area contributed by atoms with Gasteiger partial charge >= 0.3 is 12.1 Å². The van der Waals surface area contributed by atoms with Gasteiger partial charge in [-0.05, 0) is 57.4 Å². The first-order valence-corrected chi connectivity index (χ1v) is 10.9. The van der Waals surface area contributed by atoms with E-state index in [0.717, 1.165) is 18.4 Å². The van der Waals surface area contributed by atoms with Crippen LogP contribution >= 0.6 is 0 Å². The van der Waals surface area contributed by atoms with E-state index in [1.54, 1.807) is 49.9 Å². The summed E-state index contributed by atoms with van der Waals surface area (Å²) in [6, 6.07) is 7.96. The summed E-state index contributed by atoms with van der Waals surface area (Å²) in [6.45, 7) is 6.58. The van der Waals surface area contributed by atoms with Crippen LogP contribution in [-0.4, -0.2) is 58.9 Å². The summed E-state index contributed by atoms with van der Waals surface area (Å²) in [5.41, 5.74) is 1.11. The van der Waals surface area contributed by atoms with Crippen LogP contribution in [0.5, 0.6) is 0 Å². The minimum atomic E-state index is -0.640. The molecule has 1 aromatic carbocycles. The molecule has 0 aliphatic carbocycles. The van der Waals surface area contributed by atoms with Crippen LogP contribution in [0.1, 0.15) is 70.4 Å². The minimum Gasteiger partial charge on any atom is -0.454 e. The highest BCUT2D eigenvalue weighted by Gasteiger charge is 2.22. The van der Waals surface area contributed by atoms with Crippen molar-refractivity contribution < 1.29 is 28.7 Å². The Bertz CT molecular complexity index is 1010. The van der Waals surface area contributed by atoms with E-state index in [1.807, 2.05) is 0 Å². The maximum atomic E-state index is 12.4. The Hall–Kier alpha value is -3.62. The standard InChI is InChI=1S/C24H29N3O6/c1-24(2,3)33-23(31)26-13-16-6-8-17(9-7-16)22(30)32-15-20(28)18-12-19(25-14-18)21(29)27-10-4-5-11-27/h6-9,12,14,25H,4-5,10-11,13,15H2,1-3H3,(H,26,31). The SMILES string of the molecule is CC(C)(C)OC(=O)NCc1ccc(C(=O)OCC(=O)c2c[nH]c(C(=O)N3CCCC3)c2)cc1. The number of amides is 2. The molecular weight excluding hydrogens is 426 g/mol. The molecule has 0 atom stereocenters. The third-order valence-corrected chi connectivity index (χ3v) is 4.99. The van der Waals surface area contributed by atoms with Gasteiger partial charge in [-0.25, -0.2) is 9.59 Å². The number of hydrogen-bond acceptors (Lipinski definition) is 6. The molecule has 3 rings (SSSR count). The number of likely N-dealkylation sites (tertiary alicyclic amines) is 1. The van der Waals surface area contributed by atoms with Gasteiger partial charge in [-0.15, -0.1) is 0 Å². The van der Waals surface area contributed by atoms with Gasteiger partial charge in [0.25, 0.3) is 5.91 Å². The Morgan fingerprint density at radius 1 is 1.03 bits per heavy atom. The van der Waals surface area contributed by atoms with Gasteiger partial charge in [0.1, 0.15) is 11.3 Å². The second kappa shape index (κ2) is 10.3. The van der Waals surface area contributed by atoms with E-state index in [2.05, 4.69) is 10.3 Å². The number of alkyl carbamates (subject to hydrolysis) is 1. The highest BCUT2D eigenvalue weighted by molar-refractivity contribution is 6.02. The van der Waals surface area contributed by atoms with E-state index in [0.29, 0.717) is 18.8 Å². The number of ketones is 1. The lowest BCUT2D eigenvalue weighted by Gasteiger charge is -2.19. The number of ether oxygens (including phenoxy) is 2. The second-order valence-corrected chi connectivity index (χ2v) is 8.85. The lowest BCUT2D eigenvalue weighted by Crippen LogP contribution is -2.32. The summed E-state index contributed by atoms with van der Waals surface area (Å²) >= 11 is 0. The smallest absolute Gasteiger partial charge is 0.407 e. The fourth-order valence-corrected chi connectivity index (χ4v) is 3.31. The van der Waals surface area contributed by atoms with Gasteiger partial charge in [0.05, 0.1) is 5.56 Å². The zero-order chi connectivity index (χ0) is 24.0. The molecule has 1 saturated heterocycles. The lowest BCUT2D eigenvalue weighted by atomic mass is 10.1. The van der Waals surface area contributed by atoms with Crippen molar-refractivity contribution in [1.82, 2.24) is 15.2 Å². The summed E-state index contributed by atoms with van der Waals surface area (Å²) in [5, 5.41) is 2.64. The van der Waals surface area contributed by atoms with Gasteiger partial charge < -0.3 is 24.7 Å². The molecule has 9 heteroatoms. The van der Waals surface area contributed by atoms with Crippen molar-refractivity contribution in [3.63, 3.8) is 0 Å². The summed E-state index contributed by atoms with van der Waals surface area (Å²) in [7, 11) is 0. The summed E-state index contributed by atoms with van der Waals surface area (Å²) < 4.78 is 10.3. The molecule has 0 unspecified atom stereocenters. The molecule has 2 amide bonds. The Labute approximate surface area is 192 Å². The van der Waals surface area contributed by atoms with Crippen molar-refractivity contribution in [2.75, 3.05) is 19.7 Å². The number of esters is 1. The number of nitrogens with zero attached hydrogens (tertiary/aromatic N) is 1. The average molecular weight is 456 g/mol. The highest BCUT2D eigenvalue weighted by atomic mass is 16.6. The first kappa shape index (κ1) is 24.0. The normalized spacial score (nSPS) is 13.5. The summed E-state index contributed by atoms with van der Waals surface area (Å²) in [4.78, 5) is 53.3. The zero-order valence-electron chi connectivity index (χ0n) is 19.1. The molecule has 0 radical (unpaired) electrons. The number of hydrogen-bond donors (Lipinski definition) is 2. The number of H-pyrrole nitrogens is 1. The topological polar surface area (TPSA) is 118 Å². The van der Waals surface area contributed by atoms with E-state index in [4.69, 9.17) is 9.47 Å². The Morgan fingerprint density at radius 3 is 2.33 bits per heavy atom. The molecule has 1 aliphatic rings. The van der Waals surface area contributed by atoms with Gasteiger partial charge in [0, 0.05) is 31.4 Å². The fourth-order valence-electron chi connectivity index (χ4n) is 3.31. The molecule has 176 valence electrons. The Morgan fingerprint density at radius 2 is 1.70 bits per heavy atom. The van der Waals surface area contributed by atoms with E-state index in [9.17, 15) is 19.2 Å². The molecule has 9 nitrogen and oxygen atoms in total. The highest BCUT2D eigenvalue weighted by Crippen LogP contribution is 2.14. The van der Waals surface area contributed by atoms with Crippen molar-refractivity contribution in [2.24, 2.45) is 0 Å². The van der Waals surface area contributed by atoms with Crippen LogP contribution in [0.15, 0.2) is 36.5 Å². The number of carbonyl (C=O) groups excluding carboxylic acids is 4. The van der Waals surface area contributed by atoms with Crippen molar-refractivity contribution in [3.05, 3.63) is 58.9 Å². The summed E-state index contributed by atoms with van der Waals surface area (Å²) in [5.74, 6) is -1.18. The summed E-state index contributed by atoms with van der Waals surface area (Å²) in [6.07, 6.45) is 2.89. The third-order valence-electron chi connectivity index (χ3n) is 4.99. The molecular formula is C24H29N3O6. The molecule has 1 aromatic heterocycles. The van der Waals surface area contributed by atoms with Crippen molar-refractivity contribution in [3.8, 4) is 0 Å². The monoisotopic (exact) mass is 455 g/mol. The van der Waals surface area contributed by atoms with Gasteiger partial charge in [0.15, 0.2) is 6.61 Å². The quantitative estimate of drug-likeness (QED) is 0.489. The Kier molecular flexibility index (Phi) is 7.52. The number of Topliss-reactive ketones (excluding diaryl/α,β-unsaturated/α-hetero) is 1. The molecule has 2 aromatic rings. The van der Waals surface area contributed by atoms with E-state index in [1.165, 1.54) is 12.3 Å². The molecule has 0 saturated carbocycles. The lowest BCUT2D eigenvalue weighted by molar-refractivity contribution is 0.0473. The first-order valence-electron chi connectivity index (χ1n) is 10.9. The molecule has 2 heterocycles. The second-order valence-electron chi connectivity index (χ2n) is 8.85. The Balaban J connectivity index is 1.47. The van der Waals surface area contributed by atoms with Gasteiger partial charge in [-0.2, -0.15) is 0 Å². The maximum Gasteiger partial charge on any atom is 0.407 e. The predicted molar refractivity (Wildman–Crippen MR) is 120 cm³/mol. The van der Waals surface area contributed by atoms with Gasteiger partial charge in [0.2, 0.25) is 5.78 Å². The number of aromatic nitrogens is 1. The van der Waals surface area contributed by atoms with Crippen molar-refractivity contribution in [2.45, 2.75) is 45.8 Å². The molecule has 1 aliphatic heterocycles. The van der Waals surface area contributed by atoms with Crippen LogP contribution < -0.4 is 5.32 Å². The molecule has 0 spiro atoms. The molecule has 2 N–H and O–H groups in total. The fraction of sp³-hybridized carbons (Fsp3) is 0.417. The molecule has 0 bridgehead atoms. The van der Waals surface area contributed by atoms with Gasteiger partial charge in [-0.3, -0.25) is 9.59 Å². The first-order chi connectivity index (χ1) is 15.6. The minimum absolute atomic E-state index is 0.134. The number of carbonyl (C=O) groups is 4. The number of nitrogens with one attached hydrogen (secondary N) is 2. The molecule has 33 heavy (non-hydrogen) atoms. The predicted octanol–water partition coefficient (Wildman–Crippen LogP) is 3.32. The van der Waals surface area contributed by atoms with Crippen molar-refractivity contribution >= 4 is 23.8 Å². The number of rotatable bonds is 7. The van der Waals surface area contributed by atoms with E-state index in [-0.39, 0.29) is 23.6 Å². The van der Waals surface area contributed by atoms with Crippen LogP contribution in [-0.2, 0) is 16.0 Å².